The normalized spacial score (nSPS) is 25.9. The summed E-state index contributed by atoms with van der Waals surface area (Å²) in [6.07, 6.45) is 5.01. The second kappa shape index (κ2) is 9.51. The first-order valence-electron chi connectivity index (χ1n) is 11.8. The summed E-state index contributed by atoms with van der Waals surface area (Å²) >= 11 is 0. The number of amides is 2. The van der Waals surface area contributed by atoms with E-state index in [1.165, 1.54) is 25.1 Å². The molecule has 2 atom stereocenters. The monoisotopic (exact) mass is 411 g/mol. The van der Waals surface area contributed by atoms with Crippen LogP contribution in [0.1, 0.15) is 57.1 Å². The minimum atomic E-state index is 0.0376. The second-order valence-corrected chi connectivity index (χ2v) is 10.0. The molecule has 2 saturated heterocycles. The Labute approximate surface area is 181 Å². The Kier molecular flexibility index (Phi) is 6.77. The molecule has 5 nitrogen and oxygen atoms in total. The van der Waals surface area contributed by atoms with E-state index in [0.29, 0.717) is 12.5 Å². The van der Waals surface area contributed by atoms with Crippen molar-refractivity contribution < 1.29 is 9.59 Å². The van der Waals surface area contributed by atoms with Crippen LogP contribution < -0.4 is 5.32 Å². The van der Waals surface area contributed by atoms with E-state index < -0.39 is 0 Å². The molecular weight excluding hydrogens is 374 g/mol. The Balaban J connectivity index is 1.19. The SMILES string of the molecule is C[C@@H]1C[C@@H](C)CN(Cc2ccc(CNC(=O)C3CCN(C(=O)C4CC4)CC3)cc2)C1. The third-order valence-corrected chi connectivity index (χ3v) is 6.94. The number of hydrogen-bond donors (Lipinski definition) is 1. The zero-order valence-electron chi connectivity index (χ0n) is 18.6. The Bertz CT molecular complexity index is 725. The van der Waals surface area contributed by atoms with Gasteiger partial charge in [0.25, 0.3) is 0 Å². The molecule has 164 valence electrons. The molecule has 1 saturated carbocycles. The van der Waals surface area contributed by atoms with Crippen LogP contribution in [-0.2, 0) is 22.7 Å². The number of rotatable bonds is 6. The third-order valence-electron chi connectivity index (χ3n) is 6.94. The van der Waals surface area contributed by atoms with Crippen LogP contribution in [-0.4, -0.2) is 47.8 Å². The largest absolute Gasteiger partial charge is 0.352 e. The first-order valence-corrected chi connectivity index (χ1v) is 11.8. The standard InChI is InChI=1S/C25H37N3O2/c1-18-13-19(2)16-27(15-18)17-21-5-3-20(4-6-21)14-26-24(29)22-9-11-28(12-10-22)25(30)23-7-8-23/h3-6,18-19,22-23H,7-17H2,1-2H3,(H,26,29)/t18-,19-/m1/s1. The minimum Gasteiger partial charge on any atom is -0.352 e. The van der Waals surface area contributed by atoms with Gasteiger partial charge in [-0.05, 0) is 55.1 Å². The number of benzene rings is 1. The molecule has 0 aromatic heterocycles. The molecule has 2 aliphatic heterocycles. The highest BCUT2D eigenvalue weighted by molar-refractivity contribution is 5.82. The topological polar surface area (TPSA) is 52.7 Å². The summed E-state index contributed by atoms with van der Waals surface area (Å²) in [5.74, 6) is 2.32. The van der Waals surface area contributed by atoms with Gasteiger partial charge in [-0.2, -0.15) is 0 Å². The fraction of sp³-hybridized carbons (Fsp3) is 0.680. The number of piperidine rings is 2. The molecule has 0 bridgehead atoms. The van der Waals surface area contributed by atoms with Crippen LogP contribution in [0.4, 0.5) is 0 Å². The molecule has 1 aromatic carbocycles. The van der Waals surface area contributed by atoms with E-state index in [9.17, 15) is 9.59 Å². The van der Waals surface area contributed by atoms with Gasteiger partial charge in [0.05, 0.1) is 0 Å². The van der Waals surface area contributed by atoms with Gasteiger partial charge in [-0.3, -0.25) is 14.5 Å². The summed E-state index contributed by atoms with van der Waals surface area (Å²) in [5.41, 5.74) is 2.49. The minimum absolute atomic E-state index is 0.0376. The first-order chi connectivity index (χ1) is 14.5. The lowest BCUT2D eigenvalue weighted by Crippen LogP contribution is -2.43. The molecule has 0 unspecified atom stereocenters. The fourth-order valence-electron chi connectivity index (χ4n) is 5.23. The lowest BCUT2D eigenvalue weighted by molar-refractivity contribution is -0.136. The average Bonchev–Trinajstić information content (AvgIpc) is 3.57. The number of carbonyl (C=O) groups excluding carboxylic acids is 2. The Morgan fingerprint density at radius 3 is 2.10 bits per heavy atom. The van der Waals surface area contributed by atoms with Crippen molar-refractivity contribution in [2.75, 3.05) is 26.2 Å². The lowest BCUT2D eigenvalue weighted by Gasteiger charge is -2.35. The maximum Gasteiger partial charge on any atom is 0.225 e. The van der Waals surface area contributed by atoms with Crippen LogP contribution in [0.25, 0.3) is 0 Å². The Hall–Kier alpha value is -1.88. The van der Waals surface area contributed by atoms with Gasteiger partial charge >= 0.3 is 0 Å². The third kappa shape index (κ3) is 5.63. The highest BCUT2D eigenvalue weighted by Gasteiger charge is 2.35. The van der Waals surface area contributed by atoms with E-state index in [4.69, 9.17) is 0 Å². The zero-order valence-corrected chi connectivity index (χ0v) is 18.6. The molecule has 4 rings (SSSR count). The van der Waals surface area contributed by atoms with Crippen LogP contribution in [0.2, 0.25) is 0 Å². The Morgan fingerprint density at radius 2 is 1.50 bits per heavy atom. The molecule has 30 heavy (non-hydrogen) atoms. The molecule has 1 N–H and O–H groups in total. The molecule has 0 spiro atoms. The summed E-state index contributed by atoms with van der Waals surface area (Å²) in [5, 5.41) is 3.11. The molecular formula is C25H37N3O2. The number of hydrogen-bond acceptors (Lipinski definition) is 3. The van der Waals surface area contributed by atoms with Crippen LogP contribution in [0.3, 0.4) is 0 Å². The predicted molar refractivity (Wildman–Crippen MR) is 119 cm³/mol. The average molecular weight is 412 g/mol. The van der Waals surface area contributed by atoms with Crippen LogP contribution in [0.5, 0.6) is 0 Å². The summed E-state index contributed by atoms with van der Waals surface area (Å²) in [4.78, 5) is 29.2. The molecule has 5 heteroatoms. The van der Waals surface area contributed by atoms with Crippen molar-refractivity contribution in [1.82, 2.24) is 15.1 Å². The maximum atomic E-state index is 12.6. The van der Waals surface area contributed by atoms with Crippen molar-refractivity contribution in [2.24, 2.45) is 23.7 Å². The molecule has 3 fully saturated rings. The van der Waals surface area contributed by atoms with Gasteiger partial charge in [-0.1, -0.05) is 38.1 Å². The van der Waals surface area contributed by atoms with E-state index in [1.54, 1.807) is 0 Å². The lowest BCUT2D eigenvalue weighted by atomic mass is 9.91. The van der Waals surface area contributed by atoms with Gasteiger partial charge in [-0.25, -0.2) is 0 Å². The van der Waals surface area contributed by atoms with Gasteiger partial charge in [-0.15, -0.1) is 0 Å². The van der Waals surface area contributed by atoms with E-state index in [1.807, 2.05) is 4.90 Å². The van der Waals surface area contributed by atoms with Crippen LogP contribution in [0.15, 0.2) is 24.3 Å². The number of nitrogens with one attached hydrogen (secondary N) is 1. The highest BCUT2D eigenvalue weighted by atomic mass is 16.2. The number of nitrogens with zero attached hydrogens (tertiary/aromatic N) is 2. The number of carbonyl (C=O) groups is 2. The second-order valence-electron chi connectivity index (χ2n) is 10.0. The maximum absolute atomic E-state index is 12.6. The summed E-state index contributed by atoms with van der Waals surface area (Å²) in [6.45, 7) is 10.1. The Morgan fingerprint density at radius 1 is 0.900 bits per heavy atom. The quantitative estimate of drug-likeness (QED) is 0.780. The number of likely N-dealkylation sites (tertiary alicyclic amines) is 2. The van der Waals surface area contributed by atoms with Crippen molar-refractivity contribution >= 4 is 11.8 Å². The van der Waals surface area contributed by atoms with E-state index in [2.05, 4.69) is 48.3 Å². The van der Waals surface area contributed by atoms with Crippen molar-refractivity contribution in [3.63, 3.8) is 0 Å². The predicted octanol–water partition coefficient (Wildman–Crippen LogP) is 3.43. The fourth-order valence-corrected chi connectivity index (χ4v) is 5.23. The van der Waals surface area contributed by atoms with Gasteiger partial charge in [0.2, 0.25) is 11.8 Å². The highest BCUT2D eigenvalue weighted by Crippen LogP contribution is 2.32. The first kappa shape index (κ1) is 21.4. The van der Waals surface area contributed by atoms with Crippen molar-refractivity contribution in [1.29, 1.82) is 0 Å². The molecule has 2 amide bonds. The van der Waals surface area contributed by atoms with Crippen LogP contribution in [0, 0.1) is 23.7 Å². The van der Waals surface area contributed by atoms with Gasteiger partial charge in [0.15, 0.2) is 0 Å². The molecule has 0 radical (unpaired) electrons. The van der Waals surface area contributed by atoms with Gasteiger partial charge in [0.1, 0.15) is 0 Å². The van der Waals surface area contributed by atoms with E-state index in [0.717, 1.165) is 62.7 Å². The van der Waals surface area contributed by atoms with Gasteiger partial charge in [0, 0.05) is 51.1 Å². The van der Waals surface area contributed by atoms with Crippen molar-refractivity contribution in [3.05, 3.63) is 35.4 Å². The van der Waals surface area contributed by atoms with Crippen LogP contribution >= 0.6 is 0 Å². The molecule has 2 heterocycles. The summed E-state index contributed by atoms with van der Waals surface area (Å²) < 4.78 is 0. The van der Waals surface area contributed by atoms with Crippen molar-refractivity contribution in [3.8, 4) is 0 Å². The summed E-state index contributed by atoms with van der Waals surface area (Å²) in [7, 11) is 0. The van der Waals surface area contributed by atoms with E-state index in [-0.39, 0.29) is 17.7 Å². The van der Waals surface area contributed by atoms with Crippen molar-refractivity contribution in [2.45, 2.75) is 59.0 Å². The molecule has 1 aliphatic carbocycles. The summed E-state index contributed by atoms with van der Waals surface area (Å²) in [6, 6.07) is 8.69. The smallest absolute Gasteiger partial charge is 0.225 e. The molecule has 3 aliphatic rings. The van der Waals surface area contributed by atoms with Gasteiger partial charge < -0.3 is 10.2 Å². The van der Waals surface area contributed by atoms with E-state index >= 15 is 0 Å². The molecule has 1 aromatic rings. The zero-order chi connectivity index (χ0) is 21.1.